The number of hydrogen-bond acceptors (Lipinski definition) is 4. The average molecular weight is 441 g/mol. The number of carbonyl (C=O) groups is 1. The van der Waals surface area contributed by atoms with Gasteiger partial charge >= 0.3 is 12.3 Å². The van der Waals surface area contributed by atoms with Crippen LogP contribution in [0.1, 0.15) is 10.4 Å². The van der Waals surface area contributed by atoms with E-state index in [1.807, 2.05) is 0 Å². The summed E-state index contributed by atoms with van der Waals surface area (Å²) >= 11 is 11.5. The highest BCUT2D eigenvalue weighted by molar-refractivity contribution is 6.33. The van der Waals surface area contributed by atoms with Crippen molar-refractivity contribution >= 4 is 40.5 Å². The Kier molecular flexibility index (Phi) is 6.68. The van der Waals surface area contributed by atoms with Gasteiger partial charge in [0.15, 0.2) is 6.61 Å². The van der Waals surface area contributed by atoms with Crippen molar-refractivity contribution in [3.05, 3.63) is 62.1 Å². The van der Waals surface area contributed by atoms with Crippen molar-refractivity contribution in [2.45, 2.75) is 12.3 Å². The lowest BCUT2D eigenvalue weighted by Gasteiger charge is -2.18. The molecule has 150 valence electrons. The van der Waals surface area contributed by atoms with E-state index < -0.39 is 35.5 Å². The Morgan fingerprint density at radius 2 is 1.89 bits per heavy atom. The molecular formula is C16H10Cl2F4N2O4. The highest BCUT2D eigenvalue weighted by Crippen LogP contribution is 2.32. The molecule has 28 heavy (non-hydrogen) atoms. The van der Waals surface area contributed by atoms with Crippen LogP contribution < -0.4 is 10.1 Å². The van der Waals surface area contributed by atoms with Crippen molar-refractivity contribution in [3.63, 3.8) is 0 Å². The molecule has 0 aromatic heterocycles. The molecule has 0 radical (unpaired) electrons. The van der Waals surface area contributed by atoms with Crippen molar-refractivity contribution in [1.82, 2.24) is 0 Å². The van der Waals surface area contributed by atoms with Crippen molar-refractivity contribution in [3.8, 4) is 5.75 Å². The van der Waals surface area contributed by atoms with Crippen LogP contribution in [0.15, 0.2) is 36.4 Å². The summed E-state index contributed by atoms with van der Waals surface area (Å²) in [6.45, 7) is -1.64. The Bertz CT molecular complexity index is 912. The molecule has 1 N–H and O–H groups in total. The van der Waals surface area contributed by atoms with Gasteiger partial charge in [0.2, 0.25) is 0 Å². The maximum atomic E-state index is 13.1. The first-order valence-corrected chi connectivity index (χ1v) is 8.10. The molecule has 2 aromatic rings. The Hall–Kier alpha value is -2.59. The fourth-order valence-corrected chi connectivity index (χ4v) is 2.31. The molecule has 0 heterocycles. The highest BCUT2D eigenvalue weighted by Gasteiger charge is 2.41. The molecule has 6 nitrogen and oxygen atoms in total. The summed E-state index contributed by atoms with van der Waals surface area (Å²) in [5.41, 5.74) is -0.881. The predicted molar refractivity (Wildman–Crippen MR) is 94.0 cm³/mol. The maximum absolute atomic E-state index is 13.1. The molecular weight excluding hydrogens is 431 g/mol. The van der Waals surface area contributed by atoms with Crippen LogP contribution in [0, 0.1) is 10.1 Å². The number of nitrogens with one attached hydrogen (secondary N) is 1. The highest BCUT2D eigenvalue weighted by atomic mass is 35.5. The zero-order chi connectivity index (χ0) is 21.1. The molecule has 0 saturated heterocycles. The molecule has 0 aliphatic carbocycles. The zero-order valence-electron chi connectivity index (χ0n) is 13.6. The van der Waals surface area contributed by atoms with Gasteiger partial charge < -0.3 is 10.1 Å². The number of benzene rings is 2. The van der Waals surface area contributed by atoms with Crippen molar-refractivity contribution in [1.29, 1.82) is 0 Å². The number of halogens is 6. The number of nitro groups is 1. The first-order chi connectivity index (χ1) is 13.0. The SMILES string of the molecule is O=C(Nc1cc(Cl)ccc1OCC(F)(F)C(F)F)c1ccc(Cl)c([N+](=O)[O-])c1. The molecule has 0 fully saturated rings. The summed E-state index contributed by atoms with van der Waals surface area (Å²) in [5.74, 6) is -5.62. The average Bonchev–Trinajstić information content (AvgIpc) is 2.61. The van der Waals surface area contributed by atoms with Gasteiger partial charge in [0.05, 0.1) is 10.6 Å². The van der Waals surface area contributed by atoms with Crippen LogP contribution in [-0.4, -0.2) is 29.8 Å². The first-order valence-electron chi connectivity index (χ1n) is 7.35. The number of hydrogen-bond donors (Lipinski definition) is 1. The van der Waals surface area contributed by atoms with E-state index in [9.17, 15) is 32.5 Å². The smallest absolute Gasteiger partial charge is 0.340 e. The molecule has 0 aliphatic heterocycles. The topological polar surface area (TPSA) is 81.5 Å². The van der Waals surface area contributed by atoms with Crippen LogP contribution in [0.25, 0.3) is 0 Å². The van der Waals surface area contributed by atoms with Crippen LogP contribution in [0.4, 0.5) is 28.9 Å². The van der Waals surface area contributed by atoms with Crippen LogP contribution in [0.3, 0.4) is 0 Å². The van der Waals surface area contributed by atoms with E-state index in [2.05, 4.69) is 5.32 Å². The maximum Gasteiger partial charge on any atom is 0.340 e. The second-order valence-electron chi connectivity index (χ2n) is 5.37. The minimum absolute atomic E-state index is 0.0883. The Balaban J connectivity index is 2.26. The van der Waals surface area contributed by atoms with Gasteiger partial charge in [0.1, 0.15) is 10.8 Å². The van der Waals surface area contributed by atoms with Crippen LogP contribution in [0.2, 0.25) is 10.0 Å². The molecule has 1 amide bonds. The van der Waals surface area contributed by atoms with E-state index in [4.69, 9.17) is 27.9 Å². The minimum atomic E-state index is -4.41. The molecule has 0 unspecified atom stereocenters. The fourth-order valence-electron chi connectivity index (χ4n) is 1.95. The van der Waals surface area contributed by atoms with Gasteiger partial charge in [-0.1, -0.05) is 23.2 Å². The number of ether oxygens (including phenoxy) is 1. The fraction of sp³-hybridized carbons (Fsp3) is 0.188. The van der Waals surface area contributed by atoms with Gasteiger partial charge in [0.25, 0.3) is 11.6 Å². The summed E-state index contributed by atoms with van der Waals surface area (Å²) < 4.78 is 55.4. The molecule has 12 heteroatoms. The lowest BCUT2D eigenvalue weighted by molar-refractivity contribution is -0.384. The van der Waals surface area contributed by atoms with Crippen molar-refractivity contribution < 1.29 is 32.0 Å². The summed E-state index contributed by atoms with van der Waals surface area (Å²) in [6.07, 6.45) is -3.94. The largest absolute Gasteiger partial charge is 0.485 e. The number of nitrogens with zero attached hydrogens (tertiary/aromatic N) is 1. The monoisotopic (exact) mass is 440 g/mol. The molecule has 2 aromatic carbocycles. The number of carbonyl (C=O) groups excluding carboxylic acids is 1. The third-order valence-electron chi connectivity index (χ3n) is 3.33. The number of amides is 1. The quantitative estimate of drug-likeness (QED) is 0.353. The standard InChI is InChI=1S/C16H10Cl2F4N2O4/c17-9-2-4-13(28-7-16(21,22)15(19)20)11(6-9)23-14(25)8-1-3-10(18)12(5-8)24(26)27/h1-6,15H,7H2,(H,23,25). The van der Waals surface area contributed by atoms with E-state index in [0.29, 0.717) is 0 Å². The van der Waals surface area contributed by atoms with E-state index in [0.717, 1.165) is 24.3 Å². The van der Waals surface area contributed by atoms with Gasteiger partial charge in [-0.05, 0) is 30.3 Å². The van der Waals surface area contributed by atoms with Crippen LogP contribution >= 0.6 is 23.2 Å². The molecule has 2 rings (SSSR count). The normalized spacial score (nSPS) is 11.4. The third-order valence-corrected chi connectivity index (χ3v) is 3.89. The lowest BCUT2D eigenvalue weighted by atomic mass is 10.2. The number of nitro benzene ring substituents is 1. The van der Waals surface area contributed by atoms with Gasteiger partial charge in [-0.15, -0.1) is 0 Å². The second kappa shape index (κ2) is 8.61. The van der Waals surface area contributed by atoms with Gasteiger partial charge in [-0.3, -0.25) is 14.9 Å². The predicted octanol–water partition coefficient (Wildman–Crippen LogP) is 5.43. The van der Waals surface area contributed by atoms with E-state index >= 15 is 0 Å². The van der Waals surface area contributed by atoms with Crippen molar-refractivity contribution in [2.75, 3.05) is 11.9 Å². The van der Waals surface area contributed by atoms with Gasteiger partial charge in [0, 0.05) is 16.7 Å². The van der Waals surface area contributed by atoms with Crippen LogP contribution in [-0.2, 0) is 0 Å². The summed E-state index contributed by atoms with van der Waals surface area (Å²) in [7, 11) is 0. The minimum Gasteiger partial charge on any atom is -0.485 e. The Morgan fingerprint density at radius 3 is 2.50 bits per heavy atom. The molecule has 0 bridgehead atoms. The molecule has 0 saturated carbocycles. The van der Waals surface area contributed by atoms with E-state index in [1.54, 1.807) is 0 Å². The van der Waals surface area contributed by atoms with Crippen molar-refractivity contribution in [2.24, 2.45) is 0 Å². The lowest BCUT2D eigenvalue weighted by Crippen LogP contribution is -2.33. The first kappa shape index (κ1) is 21.7. The summed E-state index contributed by atoms with van der Waals surface area (Å²) in [6, 6.07) is 6.71. The zero-order valence-corrected chi connectivity index (χ0v) is 15.1. The Morgan fingerprint density at radius 1 is 1.21 bits per heavy atom. The summed E-state index contributed by atoms with van der Waals surface area (Å²) in [5, 5.41) is 13.1. The van der Waals surface area contributed by atoms with Crippen LogP contribution in [0.5, 0.6) is 5.75 Å². The molecule has 0 spiro atoms. The number of alkyl halides is 4. The Labute approximate surface area is 165 Å². The number of rotatable bonds is 7. The number of anilines is 1. The van der Waals surface area contributed by atoms with E-state index in [-0.39, 0.29) is 27.0 Å². The van der Waals surface area contributed by atoms with E-state index in [1.165, 1.54) is 12.1 Å². The molecule has 0 atom stereocenters. The van der Waals surface area contributed by atoms with Gasteiger partial charge in [-0.2, -0.15) is 8.78 Å². The summed E-state index contributed by atoms with van der Waals surface area (Å²) in [4.78, 5) is 22.4. The third kappa shape index (κ3) is 5.23. The molecule has 0 aliphatic rings. The van der Waals surface area contributed by atoms with Gasteiger partial charge in [-0.25, -0.2) is 8.78 Å². The second-order valence-corrected chi connectivity index (χ2v) is 6.21.